The van der Waals surface area contributed by atoms with Gasteiger partial charge in [-0.1, -0.05) is 0 Å². The van der Waals surface area contributed by atoms with Crippen molar-refractivity contribution >= 4 is 11.8 Å². The average molecular weight is 241 g/mol. The van der Waals surface area contributed by atoms with E-state index in [9.17, 15) is 4.39 Å². The maximum Gasteiger partial charge on any atom is 0.123 e. The Kier molecular flexibility index (Phi) is 4.63. The summed E-state index contributed by atoms with van der Waals surface area (Å²) in [4.78, 5) is 2.84. The minimum atomic E-state index is -0.155. The second-order valence-electron chi connectivity index (χ2n) is 4.05. The van der Waals surface area contributed by atoms with Crippen molar-refractivity contribution in [2.45, 2.75) is 4.90 Å². The molecule has 1 saturated heterocycles. The van der Waals surface area contributed by atoms with Gasteiger partial charge in [0.1, 0.15) is 5.82 Å². The fraction of sp³-hybridized carbons (Fsp3) is 0.500. The Bertz CT molecular complexity index is 309. The van der Waals surface area contributed by atoms with E-state index in [0.29, 0.717) is 0 Å². The van der Waals surface area contributed by atoms with Gasteiger partial charge in [0.05, 0.1) is 19.6 Å². The van der Waals surface area contributed by atoms with Crippen molar-refractivity contribution in [3.8, 4) is 0 Å². The molecule has 1 aromatic carbocycles. The fourth-order valence-corrected chi connectivity index (χ4v) is 2.83. The Morgan fingerprint density at radius 1 is 1.19 bits per heavy atom. The quantitative estimate of drug-likeness (QED) is 0.743. The van der Waals surface area contributed by atoms with Crippen LogP contribution in [0.25, 0.3) is 0 Å². The summed E-state index contributed by atoms with van der Waals surface area (Å²) in [5, 5.41) is 3.36. The van der Waals surface area contributed by atoms with E-state index in [1.807, 2.05) is 23.9 Å². The van der Waals surface area contributed by atoms with Crippen LogP contribution in [0.1, 0.15) is 0 Å². The molecule has 2 N–H and O–H groups in total. The van der Waals surface area contributed by atoms with Crippen LogP contribution in [0.5, 0.6) is 0 Å². The van der Waals surface area contributed by atoms with E-state index in [4.69, 9.17) is 0 Å². The van der Waals surface area contributed by atoms with Crippen LogP contribution in [0.3, 0.4) is 0 Å². The normalized spacial score (nSPS) is 17.6. The highest BCUT2D eigenvalue weighted by Crippen LogP contribution is 2.16. The molecule has 0 unspecified atom stereocenters. The average Bonchev–Trinajstić information content (AvgIpc) is 2.33. The summed E-state index contributed by atoms with van der Waals surface area (Å²) < 4.78 is 12.7. The largest absolute Gasteiger partial charge is 0.332 e. The van der Waals surface area contributed by atoms with Gasteiger partial charge in [-0.25, -0.2) is 4.39 Å². The number of rotatable bonds is 4. The summed E-state index contributed by atoms with van der Waals surface area (Å²) in [6.45, 7) is 5.92. The Hall–Kier alpha value is -0.580. The molecule has 16 heavy (non-hydrogen) atoms. The Labute approximate surface area is 100 Å². The zero-order valence-electron chi connectivity index (χ0n) is 9.34. The maximum atomic E-state index is 12.7. The van der Waals surface area contributed by atoms with Crippen LogP contribution in [0.15, 0.2) is 29.2 Å². The topological polar surface area (TPSA) is 16.5 Å². The number of hydrogen-bond acceptors (Lipinski definition) is 2. The lowest BCUT2D eigenvalue weighted by Crippen LogP contribution is -3.15. The summed E-state index contributed by atoms with van der Waals surface area (Å²) in [5.74, 6) is 0.957. The minimum Gasteiger partial charge on any atom is -0.332 e. The van der Waals surface area contributed by atoms with Crippen molar-refractivity contribution in [3.05, 3.63) is 30.1 Å². The molecule has 1 heterocycles. The second kappa shape index (κ2) is 6.23. The van der Waals surface area contributed by atoms with E-state index in [-0.39, 0.29) is 5.82 Å². The zero-order chi connectivity index (χ0) is 11.2. The number of benzene rings is 1. The van der Waals surface area contributed by atoms with E-state index < -0.39 is 0 Å². The van der Waals surface area contributed by atoms with Gasteiger partial charge in [-0.15, -0.1) is 11.8 Å². The van der Waals surface area contributed by atoms with Gasteiger partial charge in [-0.3, -0.25) is 0 Å². The van der Waals surface area contributed by atoms with Crippen LogP contribution < -0.4 is 10.2 Å². The molecule has 0 bridgehead atoms. The van der Waals surface area contributed by atoms with E-state index in [1.165, 1.54) is 31.8 Å². The standard InChI is InChI=1S/C12H17FN2S/c13-11-1-3-12(4-2-11)16-10-9-15-7-5-14-6-8-15/h1-4,14H,5-10H2/p+1. The van der Waals surface area contributed by atoms with Crippen molar-refractivity contribution in [2.24, 2.45) is 0 Å². The first-order valence-corrected chi connectivity index (χ1v) is 6.76. The van der Waals surface area contributed by atoms with E-state index in [1.54, 1.807) is 4.90 Å². The lowest BCUT2D eigenvalue weighted by Gasteiger charge is -2.23. The summed E-state index contributed by atoms with van der Waals surface area (Å²) >= 11 is 1.81. The van der Waals surface area contributed by atoms with E-state index in [0.717, 1.165) is 23.7 Å². The molecule has 2 nitrogen and oxygen atoms in total. The van der Waals surface area contributed by atoms with Gasteiger partial charge in [0.15, 0.2) is 0 Å². The minimum absolute atomic E-state index is 0.155. The van der Waals surface area contributed by atoms with Gasteiger partial charge < -0.3 is 10.2 Å². The Morgan fingerprint density at radius 2 is 1.88 bits per heavy atom. The molecule has 0 radical (unpaired) electrons. The Balaban J connectivity index is 1.69. The monoisotopic (exact) mass is 241 g/mol. The molecule has 0 amide bonds. The van der Waals surface area contributed by atoms with Gasteiger partial charge in [0.2, 0.25) is 0 Å². The van der Waals surface area contributed by atoms with Gasteiger partial charge >= 0.3 is 0 Å². The van der Waals surface area contributed by atoms with E-state index in [2.05, 4.69) is 5.32 Å². The zero-order valence-corrected chi connectivity index (χ0v) is 10.2. The molecule has 0 spiro atoms. The van der Waals surface area contributed by atoms with Crippen molar-refractivity contribution in [3.63, 3.8) is 0 Å². The molecule has 1 fully saturated rings. The SMILES string of the molecule is Fc1ccc(SCC[NH+]2CCNCC2)cc1. The number of halogens is 1. The molecule has 2 rings (SSSR count). The van der Waals surface area contributed by atoms with Gasteiger partial charge in [0, 0.05) is 23.7 Å². The van der Waals surface area contributed by atoms with Crippen molar-refractivity contribution in [2.75, 3.05) is 38.5 Å². The Morgan fingerprint density at radius 3 is 2.56 bits per heavy atom. The van der Waals surface area contributed by atoms with Crippen LogP contribution in [-0.4, -0.2) is 38.5 Å². The molecule has 88 valence electrons. The highest BCUT2D eigenvalue weighted by molar-refractivity contribution is 7.99. The molecule has 1 aliphatic heterocycles. The summed E-state index contributed by atoms with van der Waals surface area (Å²) in [6.07, 6.45) is 0. The lowest BCUT2D eigenvalue weighted by atomic mass is 10.3. The van der Waals surface area contributed by atoms with E-state index >= 15 is 0 Å². The number of piperazine rings is 1. The molecule has 4 heteroatoms. The van der Waals surface area contributed by atoms with Crippen LogP contribution in [0.2, 0.25) is 0 Å². The summed E-state index contributed by atoms with van der Waals surface area (Å²) in [6, 6.07) is 6.76. The third-order valence-corrected chi connectivity index (χ3v) is 3.86. The highest BCUT2D eigenvalue weighted by Gasteiger charge is 2.11. The van der Waals surface area contributed by atoms with Crippen LogP contribution in [-0.2, 0) is 0 Å². The fourth-order valence-electron chi connectivity index (χ4n) is 1.87. The van der Waals surface area contributed by atoms with Crippen LogP contribution in [0.4, 0.5) is 4.39 Å². The first-order chi connectivity index (χ1) is 7.84. The molecule has 0 aromatic heterocycles. The van der Waals surface area contributed by atoms with Crippen LogP contribution >= 0.6 is 11.8 Å². The number of nitrogens with one attached hydrogen (secondary N) is 2. The molecule has 1 aliphatic rings. The summed E-state index contributed by atoms with van der Waals surface area (Å²) in [7, 11) is 0. The maximum absolute atomic E-state index is 12.7. The second-order valence-corrected chi connectivity index (χ2v) is 5.22. The molecular weight excluding hydrogens is 223 g/mol. The predicted octanol–water partition coefficient (Wildman–Crippen LogP) is 0.406. The molecule has 0 aliphatic carbocycles. The number of hydrogen-bond donors (Lipinski definition) is 2. The molecular formula is C12H18FN2S+. The predicted molar refractivity (Wildman–Crippen MR) is 65.6 cm³/mol. The first-order valence-electron chi connectivity index (χ1n) is 5.77. The number of thioether (sulfide) groups is 1. The van der Waals surface area contributed by atoms with Gasteiger partial charge in [0.25, 0.3) is 0 Å². The lowest BCUT2D eigenvalue weighted by molar-refractivity contribution is -0.899. The number of quaternary nitrogens is 1. The summed E-state index contributed by atoms with van der Waals surface area (Å²) in [5.41, 5.74) is 0. The third-order valence-electron chi connectivity index (χ3n) is 2.85. The first kappa shape index (κ1) is 11.9. The smallest absolute Gasteiger partial charge is 0.123 e. The third kappa shape index (κ3) is 3.77. The molecule has 0 saturated carbocycles. The molecule has 0 atom stereocenters. The van der Waals surface area contributed by atoms with Crippen molar-refractivity contribution in [1.82, 2.24) is 5.32 Å². The molecule has 1 aromatic rings. The van der Waals surface area contributed by atoms with Crippen LogP contribution in [0, 0.1) is 5.82 Å². The van der Waals surface area contributed by atoms with Gasteiger partial charge in [-0.2, -0.15) is 0 Å². The highest BCUT2D eigenvalue weighted by atomic mass is 32.2. The van der Waals surface area contributed by atoms with Crippen molar-refractivity contribution < 1.29 is 9.29 Å². The van der Waals surface area contributed by atoms with Gasteiger partial charge in [-0.05, 0) is 24.3 Å². The van der Waals surface area contributed by atoms with Crippen molar-refractivity contribution in [1.29, 1.82) is 0 Å².